The van der Waals surface area contributed by atoms with Crippen molar-refractivity contribution < 1.29 is 31.5 Å². The average Bonchev–Trinajstić information content (AvgIpc) is 3.18. The highest BCUT2D eigenvalue weighted by atomic mass is 19.4. The number of imidazole rings is 1. The van der Waals surface area contributed by atoms with Gasteiger partial charge in [0.15, 0.2) is 17.2 Å². The third-order valence-electron chi connectivity index (χ3n) is 6.77. The molecule has 1 aliphatic heterocycles. The van der Waals surface area contributed by atoms with E-state index in [1.807, 2.05) is 6.92 Å². The Labute approximate surface area is 220 Å². The molecule has 2 unspecified atom stereocenters. The number of halogens is 5. The molecule has 4 heterocycles. The van der Waals surface area contributed by atoms with E-state index in [1.54, 1.807) is 30.5 Å². The molecule has 0 saturated heterocycles. The van der Waals surface area contributed by atoms with Crippen LogP contribution in [0.3, 0.4) is 0 Å². The first-order chi connectivity index (χ1) is 18.4. The summed E-state index contributed by atoms with van der Waals surface area (Å²) in [4.78, 5) is 22.0. The number of anilines is 1. The van der Waals surface area contributed by atoms with E-state index in [1.165, 1.54) is 12.1 Å². The summed E-state index contributed by atoms with van der Waals surface area (Å²) < 4.78 is 75.6. The Balaban J connectivity index is 1.47. The lowest BCUT2D eigenvalue weighted by Gasteiger charge is -2.30. The van der Waals surface area contributed by atoms with Crippen LogP contribution in [0.15, 0.2) is 42.6 Å². The highest BCUT2D eigenvalue weighted by Gasteiger charge is 2.36. The van der Waals surface area contributed by atoms with Crippen molar-refractivity contribution in [2.45, 2.75) is 58.4 Å². The Kier molecular flexibility index (Phi) is 6.77. The largest absolute Gasteiger partial charge is 0.485 e. The van der Waals surface area contributed by atoms with Gasteiger partial charge in [-0.25, -0.2) is 18.7 Å². The molecular formula is C28H25F5N4O2. The summed E-state index contributed by atoms with van der Waals surface area (Å²) in [5, 5.41) is 3.14. The highest BCUT2D eigenvalue weighted by Crippen LogP contribution is 2.39. The molecule has 3 aromatic heterocycles. The number of Topliss-reactive ketones (excluding diaryl/α,β-unsaturated/α-hetero) is 1. The van der Waals surface area contributed by atoms with Crippen molar-refractivity contribution in [1.29, 1.82) is 0 Å². The second-order valence-corrected chi connectivity index (χ2v) is 9.84. The van der Waals surface area contributed by atoms with Crippen LogP contribution < -0.4 is 10.1 Å². The number of nitrogens with one attached hydrogen (secondary N) is 1. The Morgan fingerprint density at radius 3 is 2.54 bits per heavy atom. The molecule has 6 nitrogen and oxygen atoms in total. The zero-order valence-corrected chi connectivity index (χ0v) is 21.4. The van der Waals surface area contributed by atoms with E-state index in [0.29, 0.717) is 23.4 Å². The first-order valence-corrected chi connectivity index (χ1v) is 12.3. The molecular weight excluding hydrogens is 519 g/mol. The van der Waals surface area contributed by atoms with Gasteiger partial charge >= 0.3 is 6.18 Å². The number of carbonyl (C=O) groups excluding carboxylic acids is 1. The first kappa shape index (κ1) is 26.6. The van der Waals surface area contributed by atoms with Gasteiger partial charge in [0.1, 0.15) is 29.6 Å². The van der Waals surface area contributed by atoms with Gasteiger partial charge in [-0.1, -0.05) is 6.07 Å². The molecule has 4 aromatic rings. The number of hydrogen-bond donors (Lipinski definition) is 1. The summed E-state index contributed by atoms with van der Waals surface area (Å²) >= 11 is 0. The smallest absolute Gasteiger partial charge is 0.433 e. The Hall–Kier alpha value is -4.02. The summed E-state index contributed by atoms with van der Waals surface area (Å²) in [5.41, 5.74) is 1.08. The van der Waals surface area contributed by atoms with Gasteiger partial charge in [0.25, 0.3) is 0 Å². The number of fused-ring (bicyclic) bond motifs is 2. The number of hydrogen-bond acceptors (Lipinski definition) is 5. The molecule has 2 atom stereocenters. The summed E-state index contributed by atoms with van der Waals surface area (Å²) in [6.45, 7) is 4.93. The Morgan fingerprint density at radius 1 is 1.13 bits per heavy atom. The number of ketones is 1. The van der Waals surface area contributed by atoms with Gasteiger partial charge in [0.05, 0.1) is 22.6 Å². The van der Waals surface area contributed by atoms with Crippen LogP contribution in [0.1, 0.15) is 64.4 Å². The van der Waals surface area contributed by atoms with E-state index in [2.05, 4.69) is 15.3 Å². The molecule has 0 aliphatic carbocycles. The van der Waals surface area contributed by atoms with Crippen molar-refractivity contribution in [3.05, 3.63) is 88.1 Å². The fraction of sp³-hybridized carbons (Fsp3) is 0.321. The lowest BCUT2D eigenvalue weighted by atomic mass is 9.86. The molecule has 0 amide bonds. The monoisotopic (exact) mass is 544 g/mol. The maximum atomic E-state index is 14.1. The van der Waals surface area contributed by atoms with E-state index < -0.39 is 29.4 Å². The van der Waals surface area contributed by atoms with E-state index in [0.717, 1.165) is 18.2 Å². The van der Waals surface area contributed by atoms with E-state index >= 15 is 0 Å². The van der Waals surface area contributed by atoms with Gasteiger partial charge in [0, 0.05) is 24.6 Å². The topological polar surface area (TPSA) is 68.5 Å². The maximum Gasteiger partial charge on any atom is 0.433 e. The standard InChI is InChI=1S/C28H25F5N4O2/c1-14-9-23(39-13-18-19(29)5-4-6-20(18)30)27-35-16(3)26(37(27)12-14)22(38)11-17-10-15(2)34-21-7-8-24(28(31,32)33)36-25(17)21/h4-9,12,15,17,34H,10-11,13H2,1-3H3. The van der Waals surface area contributed by atoms with Gasteiger partial charge < -0.3 is 10.1 Å². The number of aryl methyl sites for hydroxylation is 2. The molecule has 1 N–H and O–H groups in total. The third-order valence-corrected chi connectivity index (χ3v) is 6.77. The van der Waals surface area contributed by atoms with Gasteiger partial charge in [-0.15, -0.1) is 0 Å². The average molecular weight is 545 g/mol. The van der Waals surface area contributed by atoms with Crippen molar-refractivity contribution in [1.82, 2.24) is 14.4 Å². The predicted molar refractivity (Wildman–Crippen MR) is 134 cm³/mol. The fourth-order valence-corrected chi connectivity index (χ4v) is 5.05. The molecule has 0 fully saturated rings. The van der Waals surface area contributed by atoms with Crippen molar-refractivity contribution in [2.24, 2.45) is 0 Å². The molecule has 0 saturated carbocycles. The molecule has 204 valence electrons. The van der Waals surface area contributed by atoms with E-state index in [9.17, 15) is 26.7 Å². The number of rotatable bonds is 6. The van der Waals surface area contributed by atoms with Crippen LogP contribution in [0.25, 0.3) is 5.65 Å². The van der Waals surface area contributed by atoms with Crippen LogP contribution in [-0.4, -0.2) is 26.2 Å². The van der Waals surface area contributed by atoms with Crippen LogP contribution >= 0.6 is 0 Å². The lowest BCUT2D eigenvalue weighted by Crippen LogP contribution is -2.28. The van der Waals surface area contributed by atoms with Crippen molar-refractivity contribution in [2.75, 3.05) is 5.32 Å². The summed E-state index contributed by atoms with van der Waals surface area (Å²) in [6.07, 6.45) is -2.57. The van der Waals surface area contributed by atoms with Crippen LogP contribution in [0.5, 0.6) is 5.75 Å². The number of alkyl halides is 3. The van der Waals surface area contributed by atoms with Gasteiger partial charge in [0.2, 0.25) is 0 Å². The van der Waals surface area contributed by atoms with Gasteiger partial charge in [-0.2, -0.15) is 13.2 Å². The molecule has 11 heteroatoms. The molecule has 5 rings (SSSR count). The fourth-order valence-electron chi connectivity index (χ4n) is 5.05. The second-order valence-electron chi connectivity index (χ2n) is 9.84. The number of pyridine rings is 2. The van der Waals surface area contributed by atoms with Crippen LogP contribution in [0, 0.1) is 25.5 Å². The number of ether oxygens (including phenoxy) is 1. The molecule has 1 aliphatic rings. The number of nitrogens with zero attached hydrogens (tertiary/aromatic N) is 3. The summed E-state index contributed by atoms with van der Waals surface area (Å²) in [6, 6.07) is 7.39. The number of benzene rings is 1. The van der Waals surface area contributed by atoms with Crippen molar-refractivity contribution in [3.8, 4) is 5.75 Å². The quantitative estimate of drug-likeness (QED) is 0.214. The van der Waals surface area contributed by atoms with Crippen LogP contribution in [0.4, 0.5) is 27.6 Å². The third kappa shape index (κ3) is 5.17. The molecule has 39 heavy (non-hydrogen) atoms. The van der Waals surface area contributed by atoms with Gasteiger partial charge in [-0.05, 0) is 63.1 Å². The predicted octanol–water partition coefficient (Wildman–Crippen LogP) is 6.78. The van der Waals surface area contributed by atoms with Crippen LogP contribution in [-0.2, 0) is 12.8 Å². The molecule has 0 radical (unpaired) electrons. The molecule has 1 aromatic carbocycles. The second kappa shape index (κ2) is 9.94. The summed E-state index contributed by atoms with van der Waals surface area (Å²) in [7, 11) is 0. The minimum atomic E-state index is -4.61. The summed E-state index contributed by atoms with van der Waals surface area (Å²) in [5.74, 6) is -2.11. The highest BCUT2D eigenvalue weighted by molar-refractivity contribution is 5.97. The maximum absolute atomic E-state index is 14.1. The minimum absolute atomic E-state index is 0.0712. The number of carbonyl (C=O) groups is 1. The Bertz CT molecular complexity index is 1560. The van der Waals surface area contributed by atoms with Crippen molar-refractivity contribution >= 4 is 17.1 Å². The normalized spacial score (nSPS) is 17.1. The van der Waals surface area contributed by atoms with Crippen molar-refractivity contribution in [3.63, 3.8) is 0 Å². The lowest BCUT2D eigenvalue weighted by molar-refractivity contribution is -0.141. The zero-order valence-electron chi connectivity index (χ0n) is 21.4. The molecule has 0 spiro atoms. The SMILES string of the molecule is Cc1cc(OCc2c(F)cccc2F)c2nc(C)c(C(=O)CC3CC(C)Nc4ccc(C(F)(F)F)nc43)n2c1. The van der Waals surface area contributed by atoms with Crippen LogP contribution in [0.2, 0.25) is 0 Å². The first-order valence-electron chi connectivity index (χ1n) is 12.3. The van der Waals surface area contributed by atoms with Gasteiger partial charge in [-0.3, -0.25) is 9.20 Å². The zero-order chi connectivity index (χ0) is 28.1. The molecule has 0 bridgehead atoms. The Morgan fingerprint density at radius 2 is 1.85 bits per heavy atom. The minimum Gasteiger partial charge on any atom is -0.485 e. The number of aromatic nitrogens is 3. The van der Waals surface area contributed by atoms with E-state index in [-0.39, 0.29) is 53.2 Å². The van der Waals surface area contributed by atoms with E-state index in [4.69, 9.17) is 4.74 Å².